The number of likely N-dealkylation sites (tertiary alicyclic amines) is 4. The fourth-order valence-electron chi connectivity index (χ4n) is 40.7. The van der Waals surface area contributed by atoms with Gasteiger partial charge in [-0.2, -0.15) is 0 Å². The second-order valence-electron chi connectivity index (χ2n) is 53.3. The van der Waals surface area contributed by atoms with E-state index >= 15 is 0 Å². The van der Waals surface area contributed by atoms with E-state index in [2.05, 4.69) is 103 Å². The zero-order valence-corrected chi connectivity index (χ0v) is 92.1. The van der Waals surface area contributed by atoms with Crippen molar-refractivity contribution in [3.63, 3.8) is 0 Å². The minimum atomic E-state index is -0.195. The normalized spacial score (nSPS) is 48.8. The van der Waals surface area contributed by atoms with E-state index in [1.165, 1.54) is 258 Å². The maximum atomic E-state index is 12.2. The third-order valence-corrected chi connectivity index (χ3v) is 47.5. The lowest BCUT2D eigenvalue weighted by molar-refractivity contribution is -0.938. The highest BCUT2D eigenvalue weighted by Gasteiger charge is 2.72. The number of hydrogen-bond donors (Lipinski definition) is 4. The summed E-state index contributed by atoms with van der Waals surface area (Å²) in [7, 11) is 0. The average Bonchev–Trinajstić information content (AvgIpc) is 1.52. The van der Waals surface area contributed by atoms with Crippen LogP contribution < -0.4 is 43.8 Å². The summed E-state index contributed by atoms with van der Waals surface area (Å²) in [4.78, 5) is 68.1. The second-order valence-corrected chi connectivity index (χ2v) is 53.3. The van der Waals surface area contributed by atoms with Crippen molar-refractivity contribution >= 4 is 23.9 Å². The van der Waals surface area contributed by atoms with Crippen LogP contribution in [0.5, 0.6) is 0 Å². The monoisotopic (exact) mass is 2080 g/mol. The van der Waals surface area contributed by atoms with Crippen molar-refractivity contribution < 1.29 is 111 Å². The summed E-state index contributed by atoms with van der Waals surface area (Å²) in [6, 6.07) is 2.97. The molecule has 24 heteroatoms. The minimum absolute atomic E-state index is 0. The number of allylic oxidation sites excluding steroid dienone is 3. The molecule has 0 aromatic heterocycles. The molecule has 0 spiro atoms. The Labute approximate surface area is 864 Å². The molecule has 0 bridgehead atoms. The molecule has 37 atom stereocenters. The molecule has 24 rings (SSSR count). The summed E-state index contributed by atoms with van der Waals surface area (Å²) in [6.45, 7) is 51.5. The van der Waals surface area contributed by atoms with Crippen molar-refractivity contribution in [2.24, 2.45) is 138 Å². The molecule has 16 aliphatic carbocycles. The van der Waals surface area contributed by atoms with Crippen LogP contribution in [0.4, 0.5) is 0 Å². The molecule has 0 radical (unpaired) electrons. The number of quaternary nitrogens is 2. The molecule has 22 fully saturated rings. The first-order valence-electron chi connectivity index (χ1n) is 58.3. The third-order valence-electron chi connectivity index (χ3n) is 47.5. The van der Waals surface area contributed by atoms with Crippen LogP contribution in [0.15, 0.2) is 23.9 Å². The molecular weight excluding hydrogens is 1890 g/mol. The van der Waals surface area contributed by atoms with Crippen LogP contribution in [0, 0.1) is 138 Å². The van der Waals surface area contributed by atoms with Crippen LogP contribution in [0.2, 0.25) is 0 Å². The zero-order valence-electron chi connectivity index (χ0n) is 88.9. The highest BCUT2D eigenvalue weighted by Crippen LogP contribution is 2.73. The van der Waals surface area contributed by atoms with E-state index in [1.54, 1.807) is 43.2 Å². The van der Waals surface area contributed by atoms with Gasteiger partial charge in [-0.25, -0.2) is 0 Å². The molecule has 24 aliphatic rings. The number of fused-ring (bicyclic) bond motifs is 20. The van der Waals surface area contributed by atoms with E-state index < -0.39 is 0 Å². The summed E-state index contributed by atoms with van der Waals surface area (Å²) in [5.74, 6) is 11.3. The third kappa shape index (κ3) is 19.4. The molecule has 4 N–H and O–H groups in total. The van der Waals surface area contributed by atoms with Gasteiger partial charge in [-0.05, 0) is 355 Å². The number of esters is 4. The Morgan fingerprint density at radius 3 is 1.17 bits per heavy atom. The smallest absolute Gasteiger partial charge is 0.303 e. The lowest BCUT2D eigenvalue weighted by Gasteiger charge is -2.62. The van der Waals surface area contributed by atoms with E-state index in [-0.39, 0.29) is 122 Å². The Balaban J connectivity index is 0.000000118. The van der Waals surface area contributed by atoms with E-state index in [1.807, 2.05) is 0 Å². The summed E-state index contributed by atoms with van der Waals surface area (Å²) < 4.78 is 47.4. The number of morpholine rings is 4. The van der Waals surface area contributed by atoms with Gasteiger partial charge in [0.25, 0.3) is 0 Å². The Hall–Kier alpha value is -2.40. The zero-order chi connectivity index (χ0) is 95.7. The van der Waals surface area contributed by atoms with Crippen molar-refractivity contribution in [3.8, 4) is 0 Å². The quantitative estimate of drug-likeness (QED) is 0.0829. The Bertz CT molecular complexity index is 4070. The van der Waals surface area contributed by atoms with Gasteiger partial charge in [0.15, 0.2) is 6.10 Å². The Kier molecular flexibility index (Phi) is 32.6. The number of carbonyl (C=O) groups excluding carboxylic acids is 4. The van der Waals surface area contributed by atoms with Crippen molar-refractivity contribution in [3.05, 3.63) is 23.9 Å². The first-order chi connectivity index (χ1) is 66.4. The molecule has 0 aromatic carbocycles. The minimum Gasteiger partial charge on any atom is -1.00 e. The molecule has 12 unspecified atom stereocenters. The molecule has 8 aliphatic heterocycles. The number of hydrogen-bond acceptors (Lipinski definition) is 20. The Morgan fingerprint density at radius 1 is 0.336 bits per heavy atom. The molecule has 792 valence electrons. The van der Waals surface area contributed by atoms with Gasteiger partial charge in [-0.3, -0.25) is 43.7 Å². The summed E-state index contributed by atoms with van der Waals surface area (Å²) in [5.41, 5.74) is 3.54. The highest BCUT2D eigenvalue weighted by atomic mass is 79.9. The first kappa shape index (κ1) is 106. The molecule has 8 saturated heterocycles. The largest absolute Gasteiger partial charge is 1.00 e. The van der Waals surface area contributed by atoms with Crippen LogP contribution in [0.25, 0.3) is 0 Å². The van der Waals surface area contributed by atoms with Crippen molar-refractivity contribution in [1.82, 2.24) is 29.4 Å². The number of halogens is 2. The summed E-state index contributed by atoms with van der Waals surface area (Å²) >= 11 is 0. The van der Waals surface area contributed by atoms with E-state index in [0.29, 0.717) is 93.4 Å². The van der Waals surface area contributed by atoms with Gasteiger partial charge >= 0.3 is 23.9 Å². The predicted molar refractivity (Wildman–Crippen MR) is 534 cm³/mol. The average molecular weight is 2080 g/mol. The van der Waals surface area contributed by atoms with Crippen LogP contribution in [0.1, 0.15) is 308 Å². The molecule has 22 nitrogen and oxygen atoms in total. The molecule has 0 amide bonds. The maximum absolute atomic E-state index is 12.2. The highest BCUT2D eigenvalue weighted by molar-refractivity contribution is 5.67. The number of carbonyl (C=O) groups is 4. The van der Waals surface area contributed by atoms with E-state index in [4.69, 9.17) is 37.9 Å². The first-order valence-corrected chi connectivity index (χ1v) is 58.3. The lowest BCUT2D eigenvalue weighted by atomic mass is 9.44. The van der Waals surface area contributed by atoms with Gasteiger partial charge in [0.05, 0.1) is 72.0 Å². The summed E-state index contributed by atoms with van der Waals surface area (Å²) in [5, 5.41) is 22.4. The van der Waals surface area contributed by atoms with E-state index in [9.17, 15) is 29.4 Å². The molecule has 140 heavy (non-hydrogen) atoms. The lowest BCUT2D eigenvalue weighted by Crippen LogP contribution is -3.19. The molecule has 8 heterocycles. The molecule has 0 aromatic rings. The molecular formula is C116H190Br2N8O14. The number of nitrogens with one attached hydrogen (secondary N) is 2. The fourth-order valence-corrected chi connectivity index (χ4v) is 40.7. The number of aliphatic hydroxyl groups is 2. The van der Waals surface area contributed by atoms with Crippen LogP contribution in [-0.4, -0.2) is 300 Å². The maximum Gasteiger partial charge on any atom is 0.303 e. The van der Waals surface area contributed by atoms with Crippen molar-refractivity contribution in [1.29, 1.82) is 0 Å². The number of ether oxygens (including phenoxy) is 8. The standard InChI is InChI=1S/2C29H48N2O4.2C29H46N2O3.2BrH/c2*1-19(32)35-27-24(30-10-4-5-11-30)17-23-21-7-6-20-16-26(33)25(31-12-14-34-15-13-31)18-29(20,3)22(21)8-9-28(23,27)2;2*1-20(32)34-27-26(31-12-4-5-13-31)18-25-23-9-7-21-6-8-22(30-14-16-33-17-15-30)19-29(21,3)24(23)10-11-28(25,27)2;;/h2*20-27,33H,4-18H2,1-3H3;8,21,23-27H,4-7,9-19H2,1-3H3;6,8,21-27H,4-5,7,9-19H2,1-3H3;2*1H/t2*20-,21?,22?,23?,24-,25-,26-,27-,28-,29-;21-,23?,24?,25?,26+,27+,28+,29+;21-,22-,23?,24?,25?,26+,27+,28+,29+;;/m0011../s1. The van der Waals surface area contributed by atoms with Crippen molar-refractivity contribution in [2.45, 2.75) is 387 Å². The second kappa shape index (κ2) is 43.0. The van der Waals surface area contributed by atoms with Gasteiger partial charge in [-0.1, -0.05) is 73.6 Å². The van der Waals surface area contributed by atoms with Crippen LogP contribution >= 0.6 is 0 Å². The molecule has 14 saturated carbocycles. The van der Waals surface area contributed by atoms with Gasteiger partial charge in [0.1, 0.15) is 49.6 Å². The van der Waals surface area contributed by atoms with Gasteiger partial charge < -0.3 is 96.8 Å². The van der Waals surface area contributed by atoms with Crippen LogP contribution in [0.3, 0.4) is 0 Å². The van der Waals surface area contributed by atoms with E-state index in [0.717, 1.165) is 184 Å². The Morgan fingerprint density at radius 2 is 0.707 bits per heavy atom. The fraction of sp³-hybridized carbons (Fsp3) is 0.931. The van der Waals surface area contributed by atoms with Gasteiger partial charge in [0, 0.05) is 150 Å². The topological polar surface area (TPSA) is 211 Å². The SMILES string of the molecule is CC(=O)O[C@H]1[C@@H](N2CCCC2)CC2C3CC[C@H]4C=C[C@@H](N5CCOCC5)C[C@]4(C)C3CC[C@@]21C.CC(=O)O[C@H]1[C@@H](N2CCCC2)CC2C3CC[C@H]4CC=C(N5CCOCC5)C[C@]4(C)C3CC[C@@]21C.CC(=O)O[C@H]1[C@@H](N2CCCC2)CC2C3CC[C@H]4C[C@H](O)[C@@H]([NH+]5CCOCC5)C[C@]4(C)C3CC[C@@]21C.CC(=O)O[C@H]1[C@@H]([NH+]2CCCC2)CC2C3CC[C@H]4C[C@H](O)[C@@H](N5CCOCC5)C[C@]4(C)C3CC[C@@]21C.[Br-].[Br-]. The number of rotatable bonds is 12. The number of aliphatic hydroxyl groups excluding tert-OH is 2. The van der Waals surface area contributed by atoms with Crippen LogP contribution in [-0.2, 0) is 57.1 Å². The van der Waals surface area contributed by atoms with Gasteiger partial charge in [0.2, 0.25) is 0 Å². The number of nitrogens with zero attached hydrogens (tertiary/aromatic N) is 6. The predicted octanol–water partition coefficient (Wildman–Crippen LogP) is 7.96. The summed E-state index contributed by atoms with van der Waals surface area (Å²) in [6.07, 6.45) is 51.6. The van der Waals surface area contributed by atoms with Gasteiger partial charge in [-0.15, -0.1) is 0 Å². The van der Waals surface area contributed by atoms with Crippen molar-refractivity contribution in [2.75, 3.05) is 158 Å².